The van der Waals surface area contributed by atoms with Gasteiger partial charge in [-0.25, -0.2) is 13.1 Å². The lowest BCUT2D eigenvalue weighted by Crippen LogP contribution is -2.30. The van der Waals surface area contributed by atoms with Gasteiger partial charge in [-0.1, -0.05) is 29.3 Å². The summed E-state index contributed by atoms with van der Waals surface area (Å²) in [4.78, 5) is 15.8. The molecule has 0 fully saturated rings. The van der Waals surface area contributed by atoms with Gasteiger partial charge in [-0.3, -0.25) is 4.79 Å². The average molecular weight is 547 g/mol. The van der Waals surface area contributed by atoms with E-state index in [4.69, 9.17) is 23.2 Å². The third kappa shape index (κ3) is 4.95. The summed E-state index contributed by atoms with van der Waals surface area (Å²) in [7, 11) is -4.10. The molecular formula is C22H15Cl2F3N2O3S2. The van der Waals surface area contributed by atoms with E-state index in [1.807, 2.05) is 4.72 Å². The Hall–Kier alpha value is -2.53. The van der Waals surface area contributed by atoms with Crippen molar-refractivity contribution in [2.45, 2.75) is 23.7 Å². The number of thiophene rings is 1. The molecule has 0 aliphatic heterocycles. The van der Waals surface area contributed by atoms with Gasteiger partial charge >= 0.3 is 6.18 Å². The van der Waals surface area contributed by atoms with Crippen LogP contribution in [0, 0.1) is 6.92 Å². The molecule has 0 radical (unpaired) electrons. The minimum atomic E-state index is -4.50. The van der Waals surface area contributed by atoms with Crippen LogP contribution in [0.1, 0.15) is 32.7 Å². The maximum Gasteiger partial charge on any atom is 0.416 e. The summed E-state index contributed by atoms with van der Waals surface area (Å²) in [5.41, 5.74) is 1.87. The Bertz CT molecular complexity index is 1530. The molecule has 0 saturated heterocycles. The molecule has 5 nitrogen and oxygen atoms in total. The van der Waals surface area contributed by atoms with Gasteiger partial charge in [0.1, 0.15) is 4.21 Å². The van der Waals surface area contributed by atoms with E-state index in [1.54, 1.807) is 13.0 Å². The van der Waals surface area contributed by atoms with Crippen molar-refractivity contribution in [2.24, 2.45) is 0 Å². The zero-order chi connectivity index (χ0) is 24.8. The summed E-state index contributed by atoms with van der Waals surface area (Å²) in [6.45, 7) is 1.79. The van der Waals surface area contributed by atoms with Gasteiger partial charge in [-0.2, -0.15) is 13.2 Å². The minimum Gasteiger partial charge on any atom is -0.358 e. The molecule has 0 atom stereocenters. The summed E-state index contributed by atoms with van der Waals surface area (Å²) in [6.07, 6.45) is -4.30. The summed E-state index contributed by atoms with van der Waals surface area (Å²) < 4.78 is 65.9. The van der Waals surface area contributed by atoms with E-state index in [9.17, 15) is 26.4 Å². The molecule has 1 amide bonds. The molecule has 2 N–H and O–H groups in total. The maximum atomic E-state index is 12.9. The first-order valence-electron chi connectivity index (χ1n) is 9.64. The molecule has 2 aromatic carbocycles. The Morgan fingerprint density at radius 1 is 1.09 bits per heavy atom. The zero-order valence-electron chi connectivity index (χ0n) is 17.3. The quantitative estimate of drug-likeness (QED) is 0.297. The fraction of sp³-hybridized carbons (Fsp3) is 0.136. The van der Waals surface area contributed by atoms with E-state index in [1.165, 1.54) is 30.3 Å². The van der Waals surface area contributed by atoms with Crippen LogP contribution in [-0.2, 0) is 22.6 Å². The average Bonchev–Trinajstić information content (AvgIpc) is 3.31. The van der Waals surface area contributed by atoms with Gasteiger partial charge in [-0.15, -0.1) is 11.3 Å². The standard InChI is InChI=1S/C22H15Cl2F3N2O3S2/c1-11-15(8-12-2-4-14(10-17(12)23)22(25,26)27)16-9-13(3-5-18(16)28-11)21(30)29-34(31,32)20-7-6-19(24)33-20/h2-7,9-10,28H,8H2,1H3,(H,29,30). The zero-order valence-corrected chi connectivity index (χ0v) is 20.4. The monoisotopic (exact) mass is 546 g/mol. The van der Waals surface area contributed by atoms with Crippen LogP contribution in [0.25, 0.3) is 10.9 Å². The van der Waals surface area contributed by atoms with Gasteiger partial charge in [0.25, 0.3) is 15.9 Å². The number of carbonyl (C=O) groups is 1. The predicted octanol–water partition coefficient (Wildman–Crippen LogP) is 6.57. The lowest BCUT2D eigenvalue weighted by Gasteiger charge is -2.10. The van der Waals surface area contributed by atoms with E-state index in [-0.39, 0.29) is 25.6 Å². The van der Waals surface area contributed by atoms with Crippen molar-refractivity contribution in [3.05, 3.63) is 85.8 Å². The second kappa shape index (κ2) is 8.92. The second-order valence-corrected chi connectivity index (χ2v) is 11.5. The fourth-order valence-corrected chi connectivity index (χ4v) is 6.19. The first-order valence-corrected chi connectivity index (χ1v) is 12.7. The molecule has 178 valence electrons. The summed E-state index contributed by atoms with van der Waals surface area (Å²) >= 11 is 12.7. The van der Waals surface area contributed by atoms with Crippen molar-refractivity contribution >= 4 is 61.4 Å². The summed E-state index contributed by atoms with van der Waals surface area (Å²) in [5, 5.41) is 0.593. The topological polar surface area (TPSA) is 79.0 Å². The number of aromatic nitrogens is 1. The fourth-order valence-electron chi connectivity index (χ4n) is 3.48. The number of hydrogen-bond donors (Lipinski definition) is 2. The Morgan fingerprint density at radius 3 is 2.44 bits per heavy atom. The van der Waals surface area contributed by atoms with Gasteiger partial charge in [-0.05, 0) is 60.5 Å². The van der Waals surface area contributed by atoms with Gasteiger partial charge in [0, 0.05) is 33.6 Å². The maximum absolute atomic E-state index is 12.9. The highest BCUT2D eigenvalue weighted by atomic mass is 35.5. The second-order valence-electron chi connectivity index (χ2n) is 7.46. The Morgan fingerprint density at radius 2 is 1.82 bits per heavy atom. The van der Waals surface area contributed by atoms with Crippen molar-refractivity contribution in [2.75, 3.05) is 0 Å². The van der Waals surface area contributed by atoms with E-state index in [0.29, 0.717) is 16.5 Å². The van der Waals surface area contributed by atoms with Crippen LogP contribution in [0.3, 0.4) is 0 Å². The predicted molar refractivity (Wildman–Crippen MR) is 126 cm³/mol. The van der Waals surface area contributed by atoms with Gasteiger partial charge in [0.15, 0.2) is 0 Å². The number of aryl methyl sites for hydroxylation is 1. The minimum absolute atomic E-state index is 0.0295. The number of halogens is 5. The highest BCUT2D eigenvalue weighted by Gasteiger charge is 2.31. The summed E-state index contributed by atoms with van der Waals surface area (Å²) in [5.74, 6) is -0.830. The molecule has 0 bridgehead atoms. The largest absolute Gasteiger partial charge is 0.416 e. The van der Waals surface area contributed by atoms with Crippen LogP contribution >= 0.6 is 34.5 Å². The number of hydrogen-bond acceptors (Lipinski definition) is 4. The normalized spacial score (nSPS) is 12.3. The number of nitrogens with one attached hydrogen (secondary N) is 2. The van der Waals surface area contributed by atoms with Crippen LogP contribution < -0.4 is 4.72 Å². The lowest BCUT2D eigenvalue weighted by molar-refractivity contribution is -0.137. The Balaban J connectivity index is 1.65. The van der Waals surface area contributed by atoms with E-state index >= 15 is 0 Å². The van der Waals surface area contributed by atoms with Crippen LogP contribution in [0.15, 0.2) is 52.7 Å². The molecule has 4 aromatic rings. The number of amides is 1. The highest BCUT2D eigenvalue weighted by molar-refractivity contribution is 7.92. The van der Waals surface area contributed by atoms with Crippen molar-refractivity contribution in [3.8, 4) is 0 Å². The number of sulfonamides is 1. The number of H-pyrrole nitrogens is 1. The molecule has 0 aliphatic rings. The number of carbonyl (C=O) groups excluding carboxylic acids is 1. The number of benzene rings is 2. The number of fused-ring (bicyclic) bond motifs is 1. The molecule has 0 unspecified atom stereocenters. The third-order valence-electron chi connectivity index (χ3n) is 5.17. The summed E-state index contributed by atoms with van der Waals surface area (Å²) in [6, 6.07) is 10.5. The lowest BCUT2D eigenvalue weighted by atomic mass is 9.99. The van der Waals surface area contributed by atoms with E-state index < -0.39 is 27.7 Å². The number of alkyl halides is 3. The first kappa shape index (κ1) is 24.6. The molecule has 2 aromatic heterocycles. The highest BCUT2D eigenvalue weighted by Crippen LogP contribution is 2.34. The van der Waals surface area contributed by atoms with Crippen LogP contribution in [-0.4, -0.2) is 19.3 Å². The Labute approximate surface area is 206 Å². The molecular weight excluding hydrogens is 532 g/mol. The van der Waals surface area contributed by atoms with Crippen molar-refractivity contribution < 1.29 is 26.4 Å². The van der Waals surface area contributed by atoms with Crippen LogP contribution in [0.5, 0.6) is 0 Å². The van der Waals surface area contributed by atoms with Crippen LogP contribution in [0.4, 0.5) is 13.2 Å². The van der Waals surface area contributed by atoms with Gasteiger partial charge in [0.2, 0.25) is 0 Å². The van der Waals surface area contributed by atoms with Gasteiger partial charge < -0.3 is 4.98 Å². The molecule has 34 heavy (non-hydrogen) atoms. The number of rotatable bonds is 5. The molecule has 0 spiro atoms. The Kier molecular flexibility index (Phi) is 6.45. The van der Waals surface area contributed by atoms with Gasteiger partial charge in [0.05, 0.1) is 9.90 Å². The molecule has 2 heterocycles. The molecule has 0 saturated carbocycles. The van der Waals surface area contributed by atoms with Crippen molar-refractivity contribution in [1.29, 1.82) is 0 Å². The molecule has 12 heteroatoms. The van der Waals surface area contributed by atoms with Crippen LogP contribution in [0.2, 0.25) is 9.36 Å². The smallest absolute Gasteiger partial charge is 0.358 e. The molecule has 0 aliphatic carbocycles. The number of aromatic amines is 1. The molecule has 4 rings (SSSR count). The van der Waals surface area contributed by atoms with Crippen molar-refractivity contribution in [1.82, 2.24) is 9.71 Å². The van der Waals surface area contributed by atoms with Crippen molar-refractivity contribution in [3.63, 3.8) is 0 Å². The van der Waals surface area contributed by atoms with E-state index in [0.717, 1.165) is 34.7 Å². The first-order chi connectivity index (χ1) is 15.8. The SMILES string of the molecule is Cc1[nH]c2ccc(C(=O)NS(=O)(=O)c3ccc(Cl)s3)cc2c1Cc1ccc(C(F)(F)F)cc1Cl. The third-order valence-corrected chi connectivity index (χ3v) is 8.58. The van der Waals surface area contributed by atoms with E-state index in [2.05, 4.69) is 4.98 Å².